The summed E-state index contributed by atoms with van der Waals surface area (Å²) in [7, 11) is 0. The Morgan fingerprint density at radius 3 is 2.65 bits per heavy atom. The first-order chi connectivity index (χ1) is 7.93. The molecular weight excluding hydrogens is 208 g/mol. The van der Waals surface area contributed by atoms with Gasteiger partial charge in [-0.1, -0.05) is 34.6 Å². The average molecular weight is 240 g/mol. The van der Waals surface area contributed by atoms with E-state index < -0.39 is 0 Å². The molecule has 0 amide bonds. The van der Waals surface area contributed by atoms with E-state index in [-0.39, 0.29) is 0 Å². The van der Waals surface area contributed by atoms with Crippen molar-refractivity contribution in [2.45, 2.75) is 59.9 Å². The molecule has 1 fully saturated rings. The second-order valence-corrected chi connectivity index (χ2v) is 6.89. The van der Waals surface area contributed by atoms with Crippen LogP contribution in [0.3, 0.4) is 0 Å². The van der Waals surface area contributed by atoms with Crippen LogP contribution in [-0.4, -0.2) is 37.1 Å². The highest BCUT2D eigenvalue weighted by atomic mass is 15.2. The average Bonchev–Trinajstić information content (AvgIpc) is 2.42. The molecule has 1 rings (SSSR count). The van der Waals surface area contributed by atoms with Crippen molar-refractivity contribution in [2.24, 2.45) is 11.3 Å². The molecule has 2 nitrogen and oxygen atoms in total. The summed E-state index contributed by atoms with van der Waals surface area (Å²) in [5.74, 6) is 0.798. The second-order valence-electron chi connectivity index (χ2n) is 6.89. The lowest BCUT2D eigenvalue weighted by atomic mass is 9.89. The number of rotatable bonds is 5. The zero-order valence-corrected chi connectivity index (χ0v) is 12.6. The van der Waals surface area contributed by atoms with Gasteiger partial charge in [-0.05, 0) is 43.7 Å². The zero-order chi connectivity index (χ0) is 12.9. The van der Waals surface area contributed by atoms with Gasteiger partial charge in [0.25, 0.3) is 0 Å². The Morgan fingerprint density at radius 2 is 2.06 bits per heavy atom. The highest BCUT2D eigenvalue weighted by Gasteiger charge is 2.24. The highest BCUT2D eigenvalue weighted by molar-refractivity contribution is 4.81. The van der Waals surface area contributed by atoms with E-state index in [9.17, 15) is 0 Å². The van der Waals surface area contributed by atoms with Crippen LogP contribution in [0.15, 0.2) is 0 Å². The molecular formula is C15H32N2. The largest absolute Gasteiger partial charge is 0.313 e. The molecule has 0 saturated carbocycles. The molecule has 0 aliphatic carbocycles. The Bertz CT molecular complexity index is 211. The summed E-state index contributed by atoms with van der Waals surface area (Å²) in [6.07, 6.45) is 3.88. The van der Waals surface area contributed by atoms with Crippen LogP contribution in [-0.2, 0) is 0 Å². The SMILES string of the molecule is CCC(C)(C)CN1CCCNC(CC(C)C)C1. The van der Waals surface area contributed by atoms with Gasteiger partial charge in [-0.3, -0.25) is 0 Å². The van der Waals surface area contributed by atoms with Gasteiger partial charge in [0.05, 0.1) is 0 Å². The molecule has 1 N–H and O–H groups in total. The smallest absolute Gasteiger partial charge is 0.0197 e. The predicted octanol–water partition coefficient (Wildman–Crippen LogP) is 3.13. The van der Waals surface area contributed by atoms with Gasteiger partial charge in [-0.15, -0.1) is 0 Å². The van der Waals surface area contributed by atoms with Crippen LogP contribution in [0.1, 0.15) is 53.9 Å². The van der Waals surface area contributed by atoms with Crippen molar-refractivity contribution in [1.82, 2.24) is 10.2 Å². The maximum Gasteiger partial charge on any atom is 0.0197 e. The zero-order valence-electron chi connectivity index (χ0n) is 12.6. The molecule has 1 heterocycles. The summed E-state index contributed by atoms with van der Waals surface area (Å²) in [6, 6.07) is 0.699. The fourth-order valence-electron chi connectivity index (χ4n) is 2.66. The van der Waals surface area contributed by atoms with Gasteiger partial charge >= 0.3 is 0 Å². The molecule has 102 valence electrons. The first kappa shape index (κ1) is 15.0. The number of nitrogens with zero attached hydrogens (tertiary/aromatic N) is 1. The molecule has 1 atom stereocenters. The molecule has 1 aliphatic heterocycles. The highest BCUT2D eigenvalue weighted by Crippen LogP contribution is 2.22. The van der Waals surface area contributed by atoms with Gasteiger partial charge < -0.3 is 10.2 Å². The molecule has 1 unspecified atom stereocenters. The van der Waals surface area contributed by atoms with Crippen molar-refractivity contribution in [1.29, 1.82) is 0 Å². The van der Waals surface area contributed by atoms with Gasteiger partial charge in [0.2, 0.25) is 0 Å². The lowest BCUT2D eigenvalue weighted by Crippen LogP contribution is -2.42. The minimum atomic E-state index is 0.465. The molecule has 0 bridgehead atoms. The predicted molar refractivity (Wildman–Crippen MR) is 76.4 cm³/mol. The second kappa shape index (κ2) is 6.75. The van der Waals surface area contributed by atoms with Crippen LogP contribution < -0.4 is 5.32 Å². The van der Waals surface area contributed by atoms with E-state index in [0.29, 0.717) is 11.5 Å². The summed E-state index contributed by atoms with van der Waals surface area (Å²) in [4.78, 5) is 2.68. The summed E-state index contributed by atoms with van der Waals surface area (Å²) in [5.41, 5.74) is 0.465. The fraction of sp³-hybridized carbons (Fsp3) is 1.00. The van der Waals surface area contributed by atoms with E-state index in [2.05, 4.69) is 44.8 Å². The molecule has 0 spiro atoms. The molecule has 0 aromatic rings. The Hall–Kier alpha value is -0.0800. The van der Waals surface area contributed by atoms with Crippen LogP contribution in [0.2, 0.25) is 0 Å². The van der Waals surface area contributed by atoms with E-state index in [4.69, 9.17) is 0 Å². The summed E-state index contributed by atoms with van der Waals surface area (Å²) in [6.45, 7) is 16.7. The quantitative estimate of drug-likeness (QED) is 0.794. The van der Waals surface area contributed by atoms with Gasteiger partial charge in [0.15, 0.2) is 0 Å². The van der Waals surface area contributed by atoms with E-state index in [1.807, 2.05) is 0 Å². The third kappa shape index (κ3) is 5.87. The number of hydrogen-bond donors (Lipinski definition) is 1. The van der Waals surface area contributed by atoms with Crippen LogP contribution in [0, 0.1) is 11.3 Å². The van der Waals surface area contributed by atoms with E-state index in [1.165, 1.54) is 45.4 Å². The lowest BCUT2D eigenvalue weighted by Gasteiger charge is -2.33. The maximum absolute atomic E-state index is 3.71. The van der Waals surface area contributed by atoms with Crippen molar-refractivity contribution >= 4 is 0 Å². The van der Waals surface area contributed by atoms with Crippen LogP contribution in [0.4, 0.5) is 0 Å². The summed E-state index contributed by atoms with van der Waals surface area (Å²) >= 11 is 0. The van der Waals surface area contributed by atoms with Gasteiger partial charge in [-0.25, -0.2) is 0 Å². The van der Waals surface area contributed by atoms with Crippen molar-refractivity contribution in [3.63, 3.8) is 0 Å². The Balaban J connectivity index is 2.48. The van der Waals surface area contributed by atoms with Crippen LogP contribution in [0.5, 0.6) is 0 Å². The third-order valence-electron chi connectivity index (χ3n) is 3.93. The van der Waals surface area contributed by atoms with Crippen LogP contribution in [0.25, 0.3) is 0 Å². The van der Waals surface area contributed by atoms with Crippen molar-refractivity contribution in [2.75, 3.05) is 26.2 Å². The molecule has 1 aliphatic rings. The number of hydrogen-bond acceptors (Lipinski definition) is 2. The van der Waals surface area contributed by atoms with E-state index in [0.717, 1.165) is 5.92 Å². The Kier molecular flexibility index (Phi) is 5.94. The van der Waals surface area contributed by atoms with Crippen molar-refractivity contribution in [3.05, 3.63) is 0 Å². The Labute approximate surface area is 108 Å². The van der Waals surface area contributed by atoms with Crippen LogP contribution >= 0.6 is 0 Å². The monoisotopic (exact) mass is 240 g/mol. The minimum absolute atomic E-state index is 0.465. The molecule has 0 aromatic carbocycles. The molecule has 0 aromatic heterocycles. The number of nitrogens with one attached hydrogen (secondary N) is 1. The lowest BCUT2D eigenvalue weighted by molar-refractivity contribution is 0.167. The molecule has 1 saturated heterocycles. The minimum Gasteiger partial charge on any atom is -0.313 e. The van der Waals surface area contributed by atoms with Crippen molar-refractivity contribution < 1.29 is 0 Å². The maximum atomic E-state index is 3.71. The fourth-order valence-corrected chi connectivity index (χ4v) is 2.66. The van der Waals surface area contributed by atoms with Gasteiger partial charge in [0, 0.05) is 19.1 Å². The normalized spacial score (nSPS) is 24.0. The molecule has 0 radical (unpaired) electrons. The molecule has 17 heavy (non-hydrogen) atoms. The standard InChI is InChI=1S/C15H32N2/c1-6-15(4,5)12-17-9-7-8-16-14(11-17)10-13(2)3/h13-14,16H,6-12H2,1-5H3. The van der Waals surface area contributed by atoms with Gasteiger partial charge in [0.1, 0.15) is 0 Å². The third-order valence-corrected chi connectivity index (χ3v) is 3.93. The Morgan fingerprint density at radius 1 is 1.35 bits per heavy atom. The van der Waals surface area contributed by atoms with Crippen molar-refractivity contribution in [3.8, 4) is 0 Å². The summed E-state index contributed by atoms with van der Waals surface area (Å²) < 4.78 is 0. The van der Waals surface area contributed by atoms with E-state index in [1.54, 1.807) is 0 Å². The first-order valence-corrected chi connectivity index (χ1v) is 7.38. The van der Waals surface area contributed by atoms with Gasteiger partial charge in [-0.2, -0.15) is 0 Å². The van der Waals surface area contributed by atoms with E-state index >= 15 is 0 Å². The first-order valence-electron chi connectivity index (χ1n) is 7.38. The summed E-state index contributed by atoms with van der Waals surface area (Å²) in [5, 5.41) is 3.71. The molecule has 2 heteroatoms. The topological polar surface area (TPSA) is 15.3 Å².